The highest BCUT2D eigenvalue weighted by Gasteiger charge is 2.29. The normalized spacial score (nSPS) is 21.1. The van der Waals surface area contributed by atoms with Crippen molar-refractivity contribution in [2.24, 2.45) is 5.92 Å². The Hall–Kier alpha value is -2.14. The lowest BCUT2D eigenvalue weighted by Gasteiger charge is -2.32. The second kappa shape index (κ2) is 7.42. The summed E-state index contributed by atoms with van der Waals surface area (Å²) in [5, 5.41) is 3.40. The molecule has 0 unspecified atom stereocenters. The fourth-order valence-electron chi connectivity index (χ4n) is 3.13. The molecule has 0 bridgehead atoms. The van der Waals surface area contributed by atoms with Crippen LogP contribution in [-0.2, 0) is 17.9 Å². The zero-order chi connectivity index (χ0) is 16.1. The molecule has 1 amide bonds. The van der Waals surface area contributed by atoms with Crippen LogP contribution in [0.25, 0.3) is 0 Å². The molecule has 2 aromatic rings. The molecular formula is C18H23N3O2. The topological polar surface area (TPSA) is 58.4 Å². The van der Waals surface area contributed by atoms with Gasteiger partial charge in [-0.2, -0.15) is 0 Å². The van der Waals surface area contributed by atoms with Crippen LogP contribution in [0.3, 0.4) is 0 Å². The zero-order valence-electron chi connectivity index (χ0n) is 13.4. The molecule has 2 aromatic heterocycles. The van der Waals surface area contributed by atoms with Crippen molar-refractivity contribution < 1.29 is 9.21 Å². The Morgan fingerprint density at radius 1 is 1.39 bits per heavy atom. The Kier molecular flexibility index (Phi) is 5.08. The summed E-state index contributed by atoms with van der Waals surface area (Å²) < 4.78 is 5.44. The lowest BCUT2D eigenvalue weighted by Crippen LogP contribution is -2.43. The SMILES string of the molecule is C[C@H]1C[C@@H](C(=O)N(Cc2cccnc2)Cc2ccco2)CCN1. The maximum absolute atomic E-state index is 13.0. The first-order valence-corrected chi connectivity index (χ1v) is 8.16. The maximum atomic E-state index is 13.0. The molecule has 0 aromatic carbocycles. The van der Waals surface area contributed by atoms with E-state index in [2.05, 4.69) is 17.2 Å². The number of furan rings is 1. The largest absolute Gasteiger partial charge is 0.467 e. The molecule has 5 nitrogen and oxygen atoms in total. The summed E-state index contributed by atoms with van der Waals surface area (Å²) >= 11 is 0. The van der Waals surface area contributed by atoms with E-state index < -0.39 is 0 Å². The summed E-state index contributed by atoms with van der Waals surface area (Å²) in [4.78, 5) is 19.0. The number of pyridine rings is 1. The van der Waals surface area contributed by atoms with Crippen LogP contribution in [0.1, 0.15) is 31.1 Å². The van der Waals surface area contributed by atoms with Crippen molar-refractivity contribution in [2.75, 3.05) is 6.54 Å². The van der Waals surface area contributed by atoms with Crippen LogP contribution in [0, 0.1) is 5.92 Å². The Bertz CT molecular complexity index is 612. The van der Waals surface area contributed by atoms with E-state index in [0.29, 0.717) is 19.1 Å². The van der Waals surface area contributed by atoms with Gasteiger partial charge in [-0.15, -0.1) is 0 Å². The van der Waals surface area contributed by atoms with E-state index in [9.17, 15) is 4.79 Å². The van der Waals surface area contributed by atoms with Gasteiger partial charge in [0.05, 0.1) is 12.8 Å². The van der Waals surface area contributed by atoms with Gasteiger partial charge in [0, 0.05) is 30.9 Å². The smallest absolute Gasteiger partial charge is 0.226 e. The van der Waals surface area contributed by atoms with E-state index in [0.717, 1.165) is 30.7 Å². The van der Waals surface area contributed by atoms with Gasteiger partial charge in [-0.3, -0.25) is 9.78 Å². The Balaban J connectivity index is 1.74. The minimum atomic E-state index is 0.0814. The van der Waals surface area contributed by atoms with Crippen molar-refractivity contribution in [2.45, 2.75) is 38.9 Å². The minimum absolute atomic E-state index is 0.0814. The molecule has 1 fully saturated rings. The van der Waals surface area contributed by atoms with Gasteiger partial charge in [0.25, 0.3) is 0 Å². The summed E-state index contributed by atoms with van der Waals surface area (Å²) in [5.74, 6) is 1.10. The van der Waals surface area contributed by atoms with Crippen LogP contribution < -0.4 is 5.32 Å². The van der Waals surface area contributed by atoms with Crippen molar-refractivity contribution in [3.05, 3.63) is 54.2 Å². The quantitative estimate of drug-likeness (QED) is 0.922. The standard InChI is InChI=1S/C18H23N3O2/c1-14-10-16(6-8-20-14)18(22)21(13-17-5-3-9-23-17)12-15-4-2-7-19-11-15/h2-5,7,9,11,14,16,20H,6,8,10,12-13H2,1H3/t14-,16-/m0/s1. The third-order valence-corrected chi connectivity index (χ3v) is 4.31. The van der Waals surface area contributed by atoms with Crippen LogP contribution in [0.5, 0.6) is 0 Å². The van der Waals surface area contributed by atoms with Crippen molar-refractivity contribution in [3.63, 3.8) is 0 Å². The molecule has 1 aliphatic rings. The molecule has 5 heteroatoms. The lowest BCUT2D eigenvalue weighted by molar-refractivity contribution is -0.138. The van der Waals surface area contributed by atoms with Gasteiger partial charge in [-0.1, -0.05) is 6.07 Å². The number of hydrogen-bond donors (Lipinski definition) is 1. The van der Waals surface area contributed by atoms with Crippen molar-refractivity contribution in [1.29, 1.82) is 0 Å². The number of nitrogens with one attached hydrogen (secondary N) is 1. The number of hydrogen-bond acceptors (Lipinski definition) is 4. The highest BCUT2D eigenvalue weighted by atomic mass is 16.3. The van der Waals surface area contributed by atoms with Gasteiger partial charge in [0.15, 0.2) is 0 Å². The molecule has 3 heterocycles. The Labute approximate surface area is 136 Å². The molecule has 0 spiro atoms. The number of carbonyl (C=O) groups excluding carboxylic acids is 1. The van der Waals surface area contributed by atoms with E-state index >= 15 is 0 Å². The maximum Gasteiger partial charge on any atom is 0.226 e. The fourth-order valence-corrected chi connectivity index (χ4v) is 3.13. The molecule has 1 N–H and O–H groups in total. The number of aromatic nitrogens is 1. The molecule has 0 aliphatic carbocycles. The van der Waals surface area contributed by atoms with E-state index in [1.807, 2.05) is 35.4 Å². The average Bonchev–Trinajstić information content (AvgIpc) is 3.08. The number of amides is 1. The first-order valence-electron chi connectivity index (χ1n) is 8.16. The summed E-state index contributed by atoms with van der Waals surface area (Å²) in [6.45, 7) is 4.10. The van der Waals surface area contributed by atoms with E-state index in [1.54, 1.807) is 12.5 Å². The van der Waals surface area contributed by atoms with Crippen molar-refractivity contribution in [3.8, 4) is 0 Å². The van der Waals surface area contributed by atoms with Gasteiger partial charge >= 0.3 is 0 Å². The first kappa shape index (κ1) is 15.7. The van der Waals surface area contributed by atoms with Crippen LogP contribution in [0.2, 0.25) is 0 Å². The molecule has 0 saturated carbocycles. The monoisotopic (exact) mass is 313 g/mol. The van der Waals surface area contributed by atoms with Crippen LogP contribution in [0.15, 0.2) is 47.3 Å². The van der Waals surface area contributed by atoms with Gasteiger partial charge < -0.3 is 14.6 Å². The second-order valence-corrected chi connectivity index (χ2v) is 6.21. The molecular weight excluding hydrogens is 290 g/mol. The predicted molar refractivity (Wildman–Crippen MR) is 87.4 cm³/mol. The van der Waals surface area contributed by atoms with Crippen LogP contribution >= 0.6 is 0 Å². The molecule has 23 heavy (non-hydrogen) atoms. The van der Waals surface area contributed by atoms with Crippen LogP contribution in [0.4, 0.5) is 0 Å². The van der Waals surface area contributed by atoms with Crippen LogP contribution in [-0.4, -0.2) is 28.4 Å². The van der Waals surface area contributed by atoms with E-state index in [1.165, 1.54) is 0 Å². The fraction of sp³-hybridized carbons (Fsp3) is 0.444. The number of piperidine rings is 1. The summed E-state index contributed by atoms with van der Waals surface area (Å²) in [5.41, 5.74) is 1.04. The first-order chi connectivity index (χ1) is 11.2. The lowest BCUT2D eigenvalue weighted by atomic mass is 9.92. The van der Waals surface area contributed by atoms with Gasteiger partial charge in [-0.05, 0) is 50.1 Å². The highest BCUT2D eigenvalue weighted by molar-refractivity contribution is 5.79. The van der Waals surface area contributed by atoms with Gasteiger partial charge in [0.2, 0.25) is 5.91 Å². The van der Waals surface area contributed by atoms with E-state index in [4.69, 9.17) is 4.42 Å². The number of carbonyl (C=O) groups is 1. The molecule has 1 saturated heterocycles. The third kappa shape index (κ3) is 4.20. The van der Waals surface area contributed by atoms with Crippen molar-refractivity contribution >= 4 is 5.91 Å². The Morgan fingerprint density at radius 2 is 2.30 bits per heavy atom. The Morgan fingerprint density at radius 3 is 3.00 bits per heavy atom. The molecule has 3 rings (SSSR count). The number of nitrogens with zero attached hydrogens (tertiary/aromatic N) is 2. The number of rotatable bonds is 5. The molecule has 122 valence electrons. The molecule has 1 aliphatic heterocycles. The van der Waals surface area contributed by atoms with Gasteiger partial charge in [0.1, 0.15) is 5.76 Å². The zero-order valence-corrected chi connectivity index (χ0v) is 13.4. The van der Waals surface area contributed by atoms with Gasteiger partial charge in [-0.25, -0.2) is 0 Å². The average molecular weight is 313 g/mol. The molecule has 2 atom stereocenters. The third-order valence-electron chi connectivity index (χ3n) is 4.31. The predicted octanol–water partition coefficient (Wildman–Crippen LogP) is 2.59. The van der Waals surface area contributed by atoms with Crippen molar-refractivity contribution in [1.82, 2.24) is 15.2 Å². The van der Waals surface area contributed by atoms with E-state index in [-0.39, 0.29) is 11.8 Å². The molecule has 0 radical (unpaired) electrons. The summed E-state index contributed by atoms with van der Waals surface area (Å²) in [6, 6.07) is 8.06. The summed E-state index contributed by atoms with van der Waals surface area (Å²) in [6.07, 6.45) is 6.99. The highest BCUT2D eigenvalue weighted by Crippen LogP contribution is 2.21. The summed E-state index contributed by atoms with van der Waals surface area (Å²) in [7, 11) is 0. The minimum Gasteiger partial charge on any atom is -0.467 e. The second-order valence-electron chi connectivity index (χ2n) is 6.21.